The highest BCUT2D eigenvalue weighted by Crippen LogP contribution is 2.53. The van der Waals surface area contributed by atoms with Crippen LogP contribution >= 0.6 is 11.3 Å². The highest BCUT2D eigenvalue weighted by atomic mass is 32.1. The van der Waals surface area contributed by atoms with Crippen molar-refractivity contribution in [3.8, 4) is 0 Å². The molecule has 2 amide bonds. The molecule has 4 atom stereocenters. The Kier molecular flexibility index (Phi) is 4.20. The van der Waals surface area contributed by atoms with Crippen molar-refractivity contribution in [2.45, 2.75) is 19.0 Å². The summed E-state index contributed by atoms with van der Waals surface area (Å²) in [5.41, 5.74) is 3.62. The molecule has 0 radical (unpaired) electrons. The van der Waals surface area contributed by atoms with Crippen LogP contribution in [0.5, 0.6) is 0 Å². The van der Waals surface area contributed by atoms with Crippen molar-refractivity contribution in [2.24, 2.45) is 11.8 Å². The molecule has 5 nitrogen and oxygen atoms in total. The largest absolute Gasteiger partial charge is 0.358 e. The molecule has 0 saturated carbocycles. The minimum Gasteiger partial charge on any atom is -0.358 e. The number of anilines is 1. The second-order valence-electron chi connectivity index (χ2n) is 8.52. The summed E-state index contributed by atoms with van der Waals surface area (Å²) in [6, 6.07) is 17.9. The van der Waals surface area contributed by atoms with E-state index in [1.807, 2.05) is 71.9 Å². The first-order valence-electron chi connectivity index (χ1n) is 10.6. The van der Waals surface area contributed by atoms with E-state index in [0.717, 1.165) is 16.7 Å². The number of Topliss-reactive ketones (excluding diaryl/α,β-unsaturated/α-hetero) is 1. The maximum atomic E-state index is 13.7. The molecule has 3 aliphatic rings. The lowest BCUT2D eigenvalue weighted by Crippen LogP contribution is -2.44. The first kappa shape index (κ1) is 19.2. The third-order valence-corrected chi connectivity index (χ3v) is 7.67. The number of rotatable bonds is 3. The Morgan fingerprint density at radius 2 is 1.66 bits per heavy atom. The van der Waals surface area contributed by atoms with Crippen LogP contribution in [0.4, 0.5) is 5.69 Å². The van der Waals surface area contributed by atoms with Gasteiger partial charge in [-0.1, -0.05) is 48.0 Å². The van der Waals surface area contributed by atoms with Gasteiger partial charge in [0.05, 0.1) is 28.4 Å². The Balaban J connectivity index is 1.50. The number of thiophene rings is 1. The second kappa shape index (κ2) is 7.00. The van der Waals surface area contributed by atoms with Crippen molar-refractivity contribution in [3.63, 3.8) is 0 Å². The van der Waals surface area contributed by atoms with Crippen LogP contribution in [-0.2, 0) is 9.59 Å². The van der Waals surface area contributed by atoms with Gasteiger partial charge in [-0.2, -0.15) is 0 Å². The van der Waals surface area contributed by atoms with Crippen LogP contribution in [0.25, 0.3) is 6.08 Å². The normalized spacial score (nSPS) is 25.7. The minimum absolute atomic E-state index is 0.103. The molecule has 0 unspecified atom stereocenters. The molecular weight excluding hydrogens is 420 g/mol. The molecule has 0 spiro atoms. The minimum atomic E-state index is -0.723. The Bertz CT molecular complexity index is 1280. The Hall–Kier alpha value is -3.51. The number of nitrogens with zero attached hydrogens (tertiary/aromatic N) is 2. The van der Waals surface area contributed by atoms with E-state index in [0.29, 0.717) is 10.6 Å². The lowest BCUT2D eigenvalue weighted by molar-refractivity contribution is -0.123. The molecule has 6 rings (SSSR count). The molecule has 158 valence electrons. The van der Waals surface area contributed by atoms with Crippen molar-refractivity contribution in [1.29, 1.82) is 0 Å². The molecule has 4 heterocycles. The van der Waals surface area contributed by atoms with Crippen LogP contribution in [0.2, 0.25) is 0 Å². The lowest BCUT2D eigenvalue weighted by Gasteiger charge is -2.35. The second-order valence-corrected chi connectivity index (χ2v) is 9.47. The van der Waals surface area contributed by atoms with E-state index in [1.165, 1.54) is 16.2 Å². The van der Waals surface area contributed by atoms with Crippen LogP contribution in [0.3, 0.4) is 0 Å². The van der Waals surface area contributed by atoms with Crippen LogP contribution in [0, 0.1) is 18.8 Å². The smallest absolute Gasteiger partial charge is 0.240 e. The van der Waals surface area contributed by atoms with Gasteiger partial charge < -0.3 is 4.90 Å². The fourth-order valence-electron chi connectivity index (χ4n) is 5.37. The van der Waals surface area contributed by atoms with Crippen molar-refractivity contribution in [1.82, 2.24) is 4.90 Å². The number of carbonyl (C=O) groups is 3. The molecule has 2 saturated heterocycles. The lowest BCUT2D eigenvalue weighted by atomic mass is 9.84. The molecule has 3 aromatic rings. The van der Waals surface area contributed by atoms with Crippen LogP contribution in [0.1, 0.15) is 32.4 Å². The summed E-state index contributed by atoms with van der Waals surface area (Å²) < 4.78 is 0. The fourth-order valence-corrected chi connectivity index (χ4v) is 6.07. The quantitative estimate of drug-likeness (QED) is 0.446. The third-order valence-electron chi connectivity index (χ3n) is 6.79. The molecule has 3 aliphatic heterocycles. The first-order chi connectivity index (χ1) is 15.6. The Morgan fingerprint density at radius 1 is 0.906 bits per heavy atom. The summed E-state index contributed by atoms with van der Waals surface area (Å²) in [6.45, 7) is 1.96. The fraction of sp³-hybridized carbons (Fsp3) is 0.192. The van der Waals surface area contributed by atoms with Gasteiger partial charge in [0.15, 0.2) is 5.78 Å². The molecule has 1 aromatic heterocycles. The van der Waals surface area contributed by atoms with Crippen LogP contribution in [0.15, 0.2) is 72.2 Å². The predicted octanol–water partition coefficient (Wildman–Crippen LogP) is 4.45. The number of benzene rings is 2. The SMILES string of the molecule is Cc1ccc(N2C(=O)[C@@H]3[C@H](C2=O)[C@H]2c4ccccc4C=CN2[C@@H]3C(=O)c2cccs2)cc1. The number of amides is 2. The van der Waals surface area contributed by atoms with Gasteiger partial charge in [-0.25, -0.2) is 4.90 Å². The summed E-state index contributed by atoms with van der Waals surface area (Å²) >= 11 is 1.37. The molecule has 2 fully saturated rings. The van der Waals surface area contributed by atoms with Gasteiger partial charge in [0.1, 0.15) is 6.04 Å². The number of fused-ring (bicyclic) bond motifs is 5. The number of ketones is 1. The molecule has 0 bridgehead atoms. The molecule has 6 heteroatoms. The van der Waals surface area contributed by atoms with Gasteiger partial charge in [-0.3, -0.25) is 14.4 Å². The van der Waals surface area contributed by atoms with E-state index in [1.54, 1.807) is 18.2 Å². The standard InChI is InChI=1S/C26H20N2O3S/c1-15-8-10-17(11-9-15)28-25(30)20-21(26(28)31)23(24(29)19-7-4-14-32-19)27-13-12-16-5-2-3-6-18(16)22(20)27/h2-14,20-23H,1H3/t20-,21+,22+,23-/m0/s1. The summed E-state index contributed by atoms with van der Waals surface area (Å²) in [7, 11) is 0. The maximum Gasteiger partial charge on any atom is 0.240 e. The predicted molar refractivity (Wildman–Crippen MR) is 123 cm³/mol. The average molecular weight is 441 g/mol. The zero-order chi connectivity index (χ0) is 22.0. The van der Waals surface area contributed by atoms with E-state index in [4.69, 9.17) is 0 Å². The van der Waals surface area contributed by atoms with E-state index < -0.39 is 17.9 Å². The van der Waals surface area contributed by atoms with E-state index in [2.05, 4.69) is 0 Å². The van der Waals surface area contributed by atoms with Gasteiger partial charge >= 0.3 is 0 Å². The van der Waals surface area contributed by atoms with Crippen LogP contribution < -0.4 is 4.90 Å². The number of aryl methyl sites for hydroxylation is 1. The molecule has 0 aliphatic carbocycles. The van der Waals surface area contributed by atoms with Crippen LogP contribution in [-0.4, -0.2) is 28.5 Å². The summed E-state index contributed by atoms with van der Waals surface area (Å²) in [5.74, 6) is -1.96. The van der Waals surface area contributed by atoms with Crippen molar-refractivity contribution >= 4 is 40.7 Å². The third kappa shape index (κ3) is 2.59. The van der Waals surface area contributed by atoms with Crippen molar-refractivity contribution < 1.29 is 14.4 Å². The molecule has 2 aromatic carbocycles. The number of hydrogen-bond donors (Lipinski definition) is 0. The number of imide groups is 1. The van der Waals surface area contributed by atoms with E-state index >= 15 is 0 Å². The summed E-state index contributed by atoms with van der Waals surface area (Å²) in [6.07, 6.45) is 3.85. The zero-order valence-electron chi connectivity index (χ0n) is 17.3. The molecular formula is C26H20N2O3S. The van der Waals surface area contributed by atoms with Gasteiger partial charge in [0.25, 0.3) is 0 Å². The first-order valence-corrected chi connectivity index (χ1v) is 11.5. The van der Waals surface area contributed by atoms with Gasteiger partial charge in [-0.05, 0) is 47.7 Å². The average Bonchev–Trinajstić information content (AvgIpc) is 3.51. The van der Waals surface area contributed by atoms with E-state index in [-0.39, 0.29) is 23.6 Å². The summed E-state index contributed by atoms with van der Waals surface area (Å²) in [4.78, 5) is 44.9. The van der Waals surface area contributed by atoms with Gasteiger partial charge in [-0.15, -0.1) is 11.3 Å². The van der Waals surface area contributed by atoms with Gasteiger partial charge in [0.2, 0.25) is 11.8 Å². The monoisotopic (exact) mass is 440 g/mol. The zero-order valence-corrected chi connectivity index (χ0v) is 18.2. The summed E-state index contributed by atoms with van der Waals surface area (Å²) in [5, 5.41) is 1.86. The van der Waals surface area contributed by atoms with Crippen molar-refractivity contribution in [3.05, 3.63) is 93.8 Å². The van der Waals surface area contributed by atoms with Gasteiger partial charge in [0, 0.05) is 6.20 Å². The number of carbonyl (C=O) groups excluding carboxylic acids is 3. The maximum absolute atomic E-state index is 13.7. The highest BCUT2D eigenvalue weighted by Gasteiger charge is 2.64. The topological polar surface area (TPSA) is 57.7 Å². The highest BCUT2D eigenvalue weighted by molar-refractivity contribution is 7.12. The molecule has 32 heavy (non-hydrogen) atoms. The van der Waals surface area contributed by atoms with E-state index in [9.17, 15) is 14.4 Å². The Morgan fingerprint density at radius 3 is 2.41 bits per heavy atom. The number of hydrogen-bond acceptors (Lipinski definition) is 5. The molecule has 0 N–H and O–H groups in total. The van der Waals surface area contributed by atoms with Crippen molar-refractivity contribution in [2.75, 3.05) is 4.90 Å². The Labute approximate surface area is 189 Å².